The lowest BCUT2D eigenvalue weighted by Crippen LogP contribution is -2.47. The number of rotatable bonds is 7. The summed E-state index contributed by atoms with van der Waals surface area (Å²) < 4.78 is 33.3. The van der Waals surface area contributed by atoms with E-state index in [-0.39, 0.29) is 16.9 Å². The molecule has 1 aliphatic heterocycles. The molecule has 0 unspecified atom stereocenters. The first-order valence-corrected chi connectivity index (χ1v) is 11.9. The van der Waals surface area contributed by atoms with E-state index in [0.717, 1.165) is 16.9 Å². The van der Waals surface area contributed by atoms with Crippen LogP contribution in [0.25, 0.3) is 0 Å². The predicted molar refractivity (Wildman–Crippen MR) is 121 cm³/mol. The molecular formula is C23H31N3O4S. The highest BCUT2D eigenvalue weighted by atomic mass is 32.2. The van der Waals surface area contributed by atoms with Crippen molar-refractivity contribution in [3.63, 3.8) is 0 Å². The van der Waals surface area contributed by atoms with Crippen LogP contribution in [0.4, 0.5) is 0 Å². The average Bonchev–Trinajstić information content (AvgIpc) is 2.72. The molecule has 1 saturated heterocycles. The Kier molecular flexibility index (Phi) is 7.35. The first kappa shape index (κ1) is 23.2. The number of likely N-dealkylation sites (N-methyl/N-ethyl adjacent to an activating group) is 1. The molecule has 7 nitrogen and oxygen atoms in total. The van der Waals surface area contributed by atoms with Crippen LogP contribution in [0.3, 0.4) is 0 Å². The molecule has 2 aromatic carbocycles. The number of sulfonamides is 1. The molecule has 1 heterocycles. The van der Waals surface area contributed by atoms with Crippen molar-refractivity contribution >= 4 is 15.9 Å². The topological polar surface area (TPSA) is 79.0 Å². The number of piperazine rings is 1. The van der Waals surface area contributed by atoms with Crippen LogP contribution in [0.5, 0.6) is 5.75 Å². The van der Waals surface area contributed by atoms with Gasteiger partial charge >= 0.3 is 0 Å². The largest absolute Gasteiger partial charge is 0.491 e. The molecule has 0 aliphatic carbocycles. The van der Waals surface area contributed by atoms with Crippen LogP contribution in [-0.4, -0.2) is 62.9 Å². The molecule has 1 amide bonds. The van der Waals surface area contributed by atoms with Gasteiger partial charge in [0, 0.05) is 38.3 Å². The van der Waals surface area contributed by atoms with Crippen molar-refractivity contribution in [2.75, 3.05) is 33.2 Å². The van der Waals surface area contributed by atoms with Gasteiger partial charge in [-0.2, -0.15) is 4.31 Å². The minimum absolute atomic E-state index is 0.0671. The number of amides is 1. The second kappa shape index (κ2) is 9.80. The van der Waals surface area contributed by atoms with E-state index in [1.54, 1.807) is 19.1 Å². The van der Waals surface area contributed by atoms with Gasteiger partial charge in [-0.3, -0.25) is 4.79 Å². The number of aryl methyl sites for hydroxylation is 1. The third kappa shape index (κ3) is 5.84. The van der Waals surface area contributed by atoms with E-state index in [1.165, 1.54) is 10.4 Å². The molecule has 1 fully saturated rings. The molecule has 0 aromatic heterocycles. The van der Waals surface area contributed by atoms with Crippen molar-refractivity contribution in [1.82, 2.24) is 14.5 Å². The van der Waals surface area contributed by atoms with E-state index in [0.29, 0.717) is 38.3 Å². The summed E-state index contributed by atoms with van der Waals surface area (Å²) in [5, 5.41) is 2.89. The number of carbonyl (C=O) groups excluding carboxylic acids is 1. The summed E-state index contributed by atoms with van der Waals surface area (Å²) in [5.74, 6) is 0.446. The van der Waals surface area contributed by atoms with Crippen molar-refractivity contribution in [3.8, 4) is 5.75 Å². The van der Waals surface area contributed by atoms with Gasteiger partial charge in [0.05, 0.1) is 11.0 Å². The van der Waals surface area contributed by atoms with Crippen LogP contribution in [0.2, 0.25) is 0 Å². The van der Waals surface area contributed by atoms with Crippen molar-refractivity contribution in [2.24, 2.45) is 0 Å². The summed E-state index contributed by atoms with van der Waals surface area (Å²) in [7, 11) is -1.66. The third-order valence-corrected chi connectivity index (χ3v) is 7.17. The minimum Gasteiger partial charge on any atom is -0.491 e. The summed E-state index contributed by atoms with van der Waals surface area (Å²) in [5.41, 5.74) is 2.00. The molecule has 1 N–H and O–H groups in total. The number of ether oxygens (including phenoxy) is 1. The van der Waals surface area contributed by atoms with Gasteiger partial charge in [0.1, 0.15) is 5.75 Å². The fraction of sp³-hybridized carbons (Fsp3) is 0.435. The number of carbonyl (C=O) groups is 1. The number of hydrogen-bond acceptors (Lipinski definition) is 5. The van der Waals surface area contributed by atoms with Crippen LogP contribution in [0, 0.1) is 6.92 Å². The van der Waals surface area contributed by atoms with Crippen molar-refractivity contribution in [2.45, 2.75) is 38.3 Å². The smallest absolute Gasteiger partial charge is 0.251 e. The monoisotopic (exact) mass is 445 g/mol. The van der Waals surface area contributed by atoms with E-state index in [1.807, 2.05) is 45.2 Å². The highest BCUT2D eigenvalue weighted by Crippen LogP contribution is 2.21. The lowest BCUT2D eigenvalue weighted by molar-refractivity contribution is 0.0950. The molecule has 3 rings (SSSR count). The Balaban J connectivity index is 1.73. The molecule has 0 bridgehead atoms. The summed E-state index contributed by atoms with van der Waals surface area (Å²) in [6, 6.07) is 12.3. The zero-order chi connectivity index (χ0) is 22.6. The average molecular weight is 446 g/mol. The van der Waals surface area contributed by atoms with E-state index in [4.69, 9.17) is 4.74 Å². The maximum atomic E-state index is 13.0. The number of nitrogens with zero attached hydrogens (tertiary/aromatic N) is 2. The zero-order valence-electron chi connectivity index (χ0n) is 18.6. The lowest BCUT2D eigenvalue weighted by Gasteiger charge is -2.31. The summed E-state index contributed by atoms with van der Waals surface area (Å²) >= 11 is 0. The number of benzene rings is 2. The Labute approximate surface area is 185 Å². The van der Waals surface area contributed by atoms with Crippen molar-refractivity contribution in [1.29, 1.82) is 0 Å². The molecule has 1 aliphatic rings. The normalized spacial score (nSPS) is 15.8. The molecular weight excluding hydrogens is 414 g/mol. The predicted octanol–water partition coefficient (Wildman–Crippen LogP) is 2.65. The van der Waals surface area contributed by atoms with Gasteiger partial charge in [-0.15, -0.1) is 0 Å². The van der Waals surface area contributed by atoms with Crippen molar-refractivity contribution in [3.05, 3.63) is 59.2 Å². The third-order valence-electron chi connectivity index (χ3n) is 5.28. The first-order valence-electron chi connectivity index (χ1n) is 10.5. The van der Waals surface area contributed by atoms with Gasteiger partial charge in [0.15, 0.2) is 0 Å². The molecule has 8 heteroatoms. The number of nitrogens with one attached hydrogen (secondary N) is 1. The van der Waals surface area contributed by atoms with Gasteiger partial charge in [0.25, 0.3) is 5.91 Å². The van der Waals surface area contributed by atoms with Gasteiger partial charge in [0.2, 0.25) is 10.0 Å². The summed E-state index contributed by atoms with van der Waals surface area (Å²) in [4.78, 5) is 15.1. The molecule has 2 aromatic rings. The highest BCUT2D eigenvalue weighted by molar-refractivity contribution is 7.89. The minimum atomic E-state index is -3.63. The maximum absolute atomic E-state index is 13.0. The Morgan fingerprint density at radius 2 is 1.81 bits per heavy atom. The quantitative estimate of drug-likeness (QED) is 0.709. The van der Waals surface area contributed by atoms with E-state index in [9.17, 15) is 13.2 Å². The summed E-state index contributed by atoms with van der Waals surface area (Å²) in [6.45, 7) is 8.32. The van der Waals surface area contributed by atoms with E-state index in [2.05, 4.69) is 10.2 Å². The second-order valence-corrected chi connectivity index (χ2v) is 10.1. The van der Waals surface area contributed by atoms with Crippen LogP contribution in [0.15, 0.2) is 47.4 Å². The molecule has 31 heavy (non-hydrogen) atoms. The van der Waals surface area contributed by atoms with Crippen LogP contribution < -0.4 is 10.1 Å². The first-order chi connectivity index (χ1) is 14.7. The van der Waals surface area contributed by atoms with Crippen LogP contribution in [-0.2, 0) is 16.6 Å². The lowest BCUT2D eigenvalue weighted by atomic mass is 10.1. The van der Waals surface area contributed by atoms with Crippen molar-refractivity contribution < 1.29 is 17.9 Å². The SMILES string of the molecule is Cc1ccc(S(=O)(=O)N2CCN(C)CC2)cc1C(=O)NCc1cccc(OC(C)C)c1. The molecule has 0 spiro atoms. The fourth-order valence-electron chi connectivity index (χ4n) is 3.46. The molecule has 0 radical (unpaired) electrons. The molecule has 0 atom stereocenters. The standard InChI is InChI=1S/C23H31N3O4S/c1-17(2)30-20-7-5-6-19(14-20)16-24-23(27)22-15-21(9-8-18(22)3)31(28,29)26-12-10-25(4)11-13-26/h5-9,14-15,17H,10-13,16H2,1-4H3,(H,24,27). The molecule has 0 saturated carbocycles. The van der Waals surface area contributed by atoms with E-state index >= 15 is 0 Å². The van der Waals surface area contributed by atoms with Gasteiger partial charge in [-0.25, -0.2) is 8.42 Å². The Hall–Kier alpha value is -2.42. The Morgan fingerprint density at radius 1 is 1.10 bits per heavy atom. The van der Waals surface area contributed by atoms with Gasteiger partial charge in [-0.05, 0) is 63.2 Å². The van der Waals surface area contributed by atoms with Gasteiger partial charge < -0.3 is 15.0 Å². The van der Waals surface area contributed by atoms with E-state index < -0.39 is 10.0 Å². The Bertz CT molecular complexity index is 1030. The van der Waals surface area contributed by atoms with Gasteiger partial charge in [-0.1, -0.05) is 18.2 Å². The maximum Gasteiger partial charge on any atom is 0.251 e. The molecule has 168 valence electrons. The number of hydrogen-bond donors (Lipinski definition) is 1. The summed E-state index contributed by atoms with van der Waals surface area (Å²) in [6.07, 6.45) is 0.0671. The Morgan fingerprint density at radius 3 is 2.48 bits per heavy atom. The van der Waals surface area contributed by atoms with Crippen LogP contribution >= 0.6 is 0 Å². The fourth-order valence-corrected chi connectivity index (χ4v) is 4.91. The van der Waals surface area contributed by atoms with Crippen LogP contribution in [0.1, 0.15) is 35.3 Å². The zero-order valence-corrected chi connectivity index (χ0v) is 19.4. The second-order valence-electron chi connectivity index (χ2n) is 8.18. The highest BCUT2D eigenvalue weighted by Gasteiger charge is 2.28.